The minimum absolute atomic E-state index is 0.296. The lowest BCUT2D eigenvalue weighted by Crippen LogP contribution is -2.27. The van der Waals surface area contributed by atoms with Crippen molar-refractivity contribution in [2.24, 2.45) is 0 Å². The fourth-order valence-corrected chi connectivity index (χ4v) is 0.811. The Morgan fingerprint density at radius 2 is 2.07 bits per heavy atom. The number of carbonyl (C=O) groups is 1. The van der Waals surface area contributed by atoms with Crippen molar-refractivity contribution in [3.05, 3.63) is 12.4 Å². The molecule has 0 aliphatic heterocycles. The fourth-order valence-electron chi connectivity index (χ4n) is 0.811. The Labute approximate surface area is 87.9 Å². The minimum Gasteiger partial charge on any atom is -0.444 e. The molecule has 1 aromatic rings. The molecule has 15 heavy (non-hydrogen) atoms. The van der Waals surface area contributed by atoms with E-state index < -0.39 is 11.7 Å². The van der Waals surface area contributed by atoms with Crippen LogP contribution in [0.25, 0.3) is 0 Å². The lowest BCUT2D eigenvalue weighted by molar-refractivity contribution is 0.0635. The number of nitrogens with one attached hydrogen (secondary N) is 1. The van der Waals surface area contributed by atoms with Gasteiger partial charge in [0, 0.05) is 0 Å². The fraction of sp³-hybridized carbons (Fsp3) is 0.444. The quantitative estimate of drug-likeness (QED) is 0.731. The molecule has 0 unspecified atom stereocenters. The van der Waals surface area contributed by atoms with Crippen molar-refractivity contribution >= 4 is 17.7 Å². The molecule has 1 heterocycles. The molecular weight excluding hydrogens is 196 g/mol. The second-order valence-corrected chi connectivity index (χ2v) is 3.95. The van der Waals surface area contributed by atoms with Gasteiger partial charge in [-0.2, -0.15) is 0 Å². The van der Waals surface area contributed by atoms with E-state index in [2.05, 4.69) is 15.3 Å². The Kier molecular flexibility index (Phi) is 3.08. The first-order valence-electron chi connectivity index (χ1n) is 4.44. The summed E-state index contributed by atoms with van der Waals surface area (Å²) >= 11 is 0. The van der Waals surface area contributed by atoms with E-state index in [9.17, 15) is 4.79 Å². The van der Waals surface area contributed by atoms with E-state index in [1.54, 1.807) is 20.8 Å². The topological polar surface area (TPSA) is 90.1 Å². The Bertz CT molecular complexity index is 342. The van der Waals surface area contributed by atoms with Crippen LogP contribution < -0.4 is 11.1 Å². The molecule has 0 aromatic carbocycles. The highest BCUT2D eigenvalue weighted by molar-refractivity contribution is 5.83. The number of nitrogen functional groups attached to an aromatic ring is 1. The first-order valence-corrected chi connectivity index (χ1v) is 4.44. The second kappa shape index (κ2) is 4.12. The summed E-state index contributed by atoms with van der Waals surface area (Å²) in [5.41, 5.74) is 4.81. The predicted octanol–water partition coefficient (Wildman–Crippen LogP) is 1.41. The normalized spacial score (nSPS) is 10.9. The van der Waals surface area contributed by atoms with E-state index in [-0.39, 0.29) is 0 Å². The van der Waals surface area contributed by atoms with Crippen molar-refractivity contribution in [2.45, 2.75) is 26.4 Å². The molecule has 6 nitrogen and oxygen atoms in total. The summed E-state index contributed by atoms with van der Waals surface area (Å²) in [6.07, 6.45) is 2.15. The van der Waals surface area contributed by atoms with E-state index in [1.165, 1.54) is 12.4 Å². The van der Waals surface area contributed by atoms with Crippen LogP contribution in [0, 0.1) is 0 Å². The van der Waals surface area contributed by atoms with Crippen molar-refractivity contribution in [1.29, 1.82) is 0 Å². The van der Waals surface area contributed by atoms with Gasteiger partial charge in [-0.15, -0.1) is 0 Å². The van der Waals surface area contributed by atoms with Gasteiger partial charge in [0.25, 0.3) is 0 Å². The number of carbonyl (C=O) groups excluding carboxylic acids is 1. The van der Waals surface area contributed by atoms with E-state index in [1.807, 2.05) is 0 Å². The highest BCUT2D eigenvalue weighted by Crippen LogP contribution is 2.09. The number of hydrogen-bond acceptors (Lipinski definition) is 5. The Morgan fingerprint density at radius 3 is 2.53 bits per heavy atom. The number of ether oxygens (including phenoxy) is 1. The van der Waals surface area contributed by atoms with Crippen molar-refractivity contribution in [3.8, 4) is 0 Å². The minimum atomic E-state index is -0.568. The van der Waals surface area contributed by atoms with Gasteiger partial charge < -0.3 is 10.5 Å². The zero-order valence-electron chi connectivity index (χ0n) is 8.94. The molecule has 1 aromatic heterocycles. The van der Waals surface area contributed by atoms with Gasteiger partial charge in [0.1, 0.15) is 11.4 Å². The molecule has 0 aliphatic rings. The molecule has 3 N–H and O–H groups in total. The van der Waals surface area contributed by atoms with Crippen molar-refractivity contribution < 1.29 is 9.53 Å². The van der Waals surface area contributed by atoms with Crippen LogP contribution in [0.2, 0.25) is 0 Å². The molecule has 1 rings (SSSR count). The monoisotopic (exact) mass is 210 g/mol. The summed E-state index contributed by atoms with van der Waals surface area (Å²) in [5.74, 6) is 0.600. The SMILES string of the molecule is CC(C)(C)OC(=O)Nc1cnc(N)cn1. The smallest absolute Gasteiger partial charge is 0.413 e. The van der Waals surface area contributed by atoms with E-state index in [4.69, 9.17) is 10.5 Å². The molecule has 0 atom stereocenters. The average molecular weight is 210 g/mol. The molecule has 0 fully saturated rings. The lowest BCUT2D eigenvalue weighted by Gasteiger charge is -2.19. The highest BCUT2D eigenvalue weighted by Gasteiger charge is 2.16. The summed E-state index contributed by atoms with van der Waals surface area (Å²) in [6.45, 7) is 5.34. The maximum absolute atomic E-state index is 11.3. The Balaban J connectivity index is 2.55. The lowest BCUT2D eigenvalue weighted by atomic mass is 10.2. The number of hydrogen-bond donors (Lipinski definition) is 2. The maximum Gasteiger partial charge on any atom is 0.413 e. The van der Waals surface area contributed by atoms with Crippen molar-refractivity contribution in [3.63, 3.8) is 0 Å². The molecular formula is C9H14N4O2. The number of nitrogens with two attached hydrogens (primary N) is 1. The summed E-state index contributed by atoms with van der Waals surface area (Å²) in [5, 5.41) is 2.44. The van der Waals surface area contributed by atoms with Crippen LogP contribution in [0.15, 0.2) is 12.4 Å². The standard InChI is InChI=1S/C9H14N4O2/c1-9(2,3)15-8(14)13-7-5-11-6(10)4-12-7/h4-5H,1-3H3,(H2,10,11)(H,12,13,14). The first-order chi connectivity index (χ1) is 6.87. The molecule has 6 heteroatoms. The summed E-state index contributed by atoms with van der Waals surface area (Å²) < 4.78 is 5.02. The van der Waals surface area contributed by atoms with Gasteiger partial charge in [-0.3, -0.25) is 5.32 Å². The Hall–Kier alpha value is -1.85. The first kappa shape index (κ1) is 11.2. The Morgan fingerprint density at radius 1 is 1.40 bits per heavy atom. The van der Waals surface area contributed by atoms with Crippen LogP contribution in [-0.2, 0) is 4.74 Å². The molecule has 0 saturated carbocycles. The molecule has 82 valence electrons. The van der Waals surface area contributed by atoms with E-state index in [0.29, 0.717) is 11.6 Å². The van der Waals surface area contributed by atoms with Crippen LogP contribution in [0.4, 0.5) is 16.4 Å². The van der Waals surface area contributed by atoms with Gasteiger partial charge in [-0.25, -0.2) is 14.8 Å². The third-order valence-corrected chi connectivity index (χ3v) is 1.30. The van der Waals surface area contributed by atoms with Crippen LogP contribution in [0.1, 0.15) is 20.8 Å². The van der Waals surface area contributed by atoms with Gasteiger partial charge in [0.05, 0.1) is 12.4 Å². The highest BCUT2D eigenvalue weighted by atomic mass is 16.6. The molecule has 0 bridgehead atoms. The van der Waals surface area contributed by atoms with Crippen LogP contribution in [0.3, 0.4) is 0 Å². The largest absolute Gasteiger partial charge is 0.444 e. The van der Waals surface area contributed by atoms with Gasteiger partial charge in [-0.1, -0.05) is 0 Å². The van der Waals surface area contributed by atoms with Gasteiger partial charge in [0.15, 0.2) is 5.82 Å². The van der Waals surface area contributed by atoms with Crippen LogP contribution in [-0.4, -0.2) is 21.7 Å². The number of amides is 1. The molecule has 1 amide bonds. The average Bonchev–Trinajstić information content (AvgIpc) is 2.05. The predicted molar refractivity (Wildman–Crippen MR) is 56.3 cm³/mol. The molecule has 0 radical (unpaired) electrons. The third-order valence-electron chi connectivity index (χ3n) is 1.30. The molecule has 0 saturated heterocycles. The van der Waals surface area contributed by atoms with Gasteiger partial charge in [-0.05, 0) is 20.8 Å². The van der Waals surface area contributed by atoms with Crippen LogP contribution in [0.5, 0.6) is 0 Å². The number of aromatic nitrogens is 2. The second-order valence-electron chi connectivity index (χ2n) is 3.95. The zero-order chi connectivity index (χ0) is 11.5. The third kappa shape index (κ3) is 4.26. The number of nitrogens with zero attached hydrogens (tertiary/aromatic N) is 2. The van der Waals surface area contributed by atoms with E-state index >= 15 is 0 Å². The van der Waals surface area contributed by atoms with E-state index in [0.717, 1.165) is 0 Å². The molecule has 0 spiro atoms. The van der Waals surface area contributed by atoms with Gasteiger partial charge in [0.2, 0.25) is 0 Å². The van der Waals surface area contributed by atoms with Crippen LogP contribution >= 0.6 is 0 Å². The number of anilines is 2. The van der Waals surface area contributed by atoms with Crippen molar-refractivity contribution in [1.82, 2.24) is 9.97 Å². The zero-order valence-corrected chi connectivity index (χ0v) is 8.94. The van der Waals surface area contributed by atoms with Crippen molar-refractivity contribution in [2.75, 3.05) is 11.1 Å². The molecule has 0 aliphatic carbocycles. The summed E-state index contributed by atoms with van der Waals surface area (Å²) in [6, 6.07) is 0. The maximum atomic E-state index is 11.3. The summed E-state index contributed by atoms with van der Waals surface area (Å²) in [4.78, 5) is 18.9. The number of rotatable bonds is 1. The summed E-state index contributed by atoms with van der Waals surface area (Å²) in [7, 11) is 0. The van der Waals surface area contributed by atoms with Gasteiger partial charge >= 0.3 is 6.09 Å².